The summed E-state index contributed by atoms with van der Waals surface area (Å²) < 4.78 is 16.0. The van der Waals surface area contributed by atoms with Crippen LogP contribution in [0.3, 0.4) is 0 Å². The van der Waals surface area contributed by atoms with Crippen LogP contribution in [0, 0.1) is 5.41 Å². The molecule has 0 atom stereocenters. The number of rotatable bonds is 10. The first kappa shape index (κ1) is 24.8. The van der Waals surface area contributed by atoms with Gasteiger partial charge in [-0.3, -0.25) is 4.99 Å². The van der Waals surface area contributed by atoms with Gasteiger partial charge in [-0.25, -0.2) is 0 Å². The van der Waals surface area contributed by atoms with Gasteiger partial charge in [-0.05, 0) is 48.8 Å². The van der Waals surface area contributed by atoms with Crippen LogP contribution >= 0.6 is 24.0 Å². The fourth-order valence-corrected chi connectivity index (χ4v) is 3.81. The van der Waals surface area contributed by atoms with Gasteiger partial charge in [0.1, 0.15) is 0 Å². The lowest BCUT2D eigenvalue weighted by Crippen LogP contribution is -2.43. The number of methoxy groups -OCH3 is 3. The maximum atomic E-state index is 5.37. The summed E-state index contributed by atoms with van der Waals surface area (Å²) in [6.07, 6.45) is 7.17. The van der Waals surface area contributed by atoms with Crippen molar-refractivity contribution in [1.82, 2.24) is 10.6 Å². The van der Waals surface area contributed by atoms with Gasteiger partial charge in [-0.2, -0.15) is 0 Å². The van der Waals surface area contributed by atoms with Crippen LogP contribution in [-0.2, 0) is 11.2 Å². The maximum Gasteiger partial charge on any atom is 0.191 e. The summed E-state index contributed by atoms with van der Waals surface area (Å²) in [4.78, 5) is 4.37. The Kier molecular flexibility index (Phi) is 11.6. The molecule has 1 aromatic rings. The van der Waals surface area contributed by atoms with E-state index in [4.69, 9.17) is 14.2 Å². The minimum atomic E-state index is 0. The zero-order valence-electron chi connectivity index (χ0n) is 17.7. The Labute approximate surface area is 186 Å². The van der Waals surface area contributed by atoms with E-state index in [1.165, 1.54) is 31.2 Å². The summed E-state index contributed by atoms with van der Waals surface area (Å²) >= 11 is 0. The number of hydrogen-bond acceptors (Lipinski definition) is 4. The predicted octanol–water partition coefficient (Wildman–Crippen LogP) is 3.63. The van der Waals surface area contributed by atoms with Crippen LogP contribution in [0.25, 0.3) is 0 Å². The van der Waals surface area contributed by atoms with Crippen LogP contribution in [0.2, 0.25) is 0 Å². The predicted molar refractivity (Wildman–Crippen MR) is 125 cm³/mol. The highest BCUT2D eigenvalue weighted by Crippen LogP contribution is 2.40. The van der Waals surface area contributed by atoms with Crippen LogP contribution < -0.4 is 20.1 Å². The molecule has 7 heteroatoms. The van der Waals surface area contributed by atoms with Crippen molar-refractivity contribution in [3.05, 3.63) is 23.8 Å². The normalized spacial score (nSPS) is 15.6. The number of ether oxygens (including phenoxy) is 3. The Morgan fingerprint density at radius 1 is 1.07 bits per heavy atom. The molecule has 1 aliphatic rings. The van der Waals surface area contributed by atoms with E-state index in [2.05, 4.69) is 21.7 Å². The Morgan fingerprint density at radius 2 is 1.79 bits per heavy atom. The van der Waals surface area contributed by atoms with Gasteiger partial charge in [0, 0.05) is 33.9 Å². The van der Waals surface area contributed by atoms with Gasteiger partial charge >= 0.3 is 0 Å². The number of benzene rings is 1. The Morgan fingerprint density at radius 3 is 2.39 bits per heavy atom. The molecule has 0 spiro atoms. The van der Waals surface area contributed by atoms with Crippen molar-refractivity contribution >= 4 is 29.9 Å². The molecule has 1 aromatic carbocycles. The summed E-state index contributed by atoms with van der Waals surface area (Å²) in [5.41, 5.74) is 1.54. The molecule has 28 heavy (non-hydrogen) atoms. The first-order valence-corrected chi connectivity index (χ1v) is 9.81. The topological polar surface area (TPSA) is 64.1 Å². The second kappa shape index (κ2) is 13.1. The summed E-state index contributed by atoms with van der Waals surface area (Å²) in [6.45, 7) is 2.58. The molecule has 0 heterocycles. The van der Waals surface area contributed by atoms with E-state index in [-0.39, 0.29) is 24.0 Å². The lowest BCUT2D eigenvalue weighted by atomic mass is 9.83. The largest absolute Gasteiger partial charge is 0.493 e. The average Bonchev–Trinajstić information content (AvgIpc) is 3.17. The second-order valence-electron chi connectivity index (χ2n) is 7.24. The molecule has 160 valence electrons. The van der Waals surface area contributed by atoms with Gasteiger partial charge in [0.15, 0.2) is 17.5 Å². The summed E-state index contributed by atoms with van der Waals surface area (Å²) in [5, 5.41) is 6.94. The summed E-state index contributed by atoms with van der Waals surface area (Å²) in [6, 6.07) is 6.04. The molecule has 0 amide bonds. The number of nitrogens with zero attached hydrogens (tertiary/aromatic N) is 1. The third kappa shape index (κ3) is 7.31. The van der Waals surface area contributed by atoms with Crippen molar-refractivity contribution in [2.45, 2.75) is 38.5 Å². The molecule has 0 aliphatic heterocycles. The van der Waals surface area contributed by atoms with Gasteiger partial charge in [0.25, 0.3) is 0 Å². The highest BCUT2D eigenvalue weighted by molar-refractivity contribution is 14.0. The van der Waals surface area contributed by atoms with Crippen LogP contribution in [0.15, 0.2) is 23.2 Å². The van der Waals surface area contributed by atoms with E-state index in [1.54, 1.807) is 21.3 Å². The molecule has 2 N–H and O–H groups in total. The minimum absolute atomic E-state index is 0. The highest BCUT2D eigenvalue weighted by atomic mass is 127. The molecule has 0 unspecified atom stereocenters. The van der Waals surface area contributed by atoms with E-state index in [0.717, 1.165) is 50.0 Å². The molecule has 0 bridgehead atoms. The molecular formula is C21H36IN3O3. The Hall–Kier alpha value is -1.22. The molecule has 1 aliphatic carbocycles. The van der Waals surface area contributed by atoms with Crippen molar-refractivity contribution in [3.63, 3.8) is 0 Å². The molecule has 0 saturated heterocycles. The van der Waals surface area contributed by atoms with E-state index in [0.29, 0.717) is 5.41 Å². The van der Waals surface area contributed by atoms with Gasteiger partial charge in [0.05, 0.1) is 14.2 Å². The fraction of sp³-hybridized carbons (Fsp3) is 0.667. The van der Waals surface area contributed by atoms with Crippen LogP contribution in [-0.4, -0.2) is 54.0 Å². The lowest BCUT2D eigenvalue weighted by Gasteiger charge is -2.30. The SMILES string of the molecule is CN=C(NCCc1ccc(OC)c(OC)c1)NCC1(CCOC)CCCC1.I. The third-order valence-corrected chi connectivity index (χ3v) is 5.51. The van der Waals surface area contributed by atoms with Gasteiger partial charge in [0.2, 0.25) is 0 Å². The fourth-order valence-electron chi connectivity index (χ4n) is 3.81. The molecule has 1 saturated carbocycles. The number of guanidine groups is 1. The number of hydrogen-bond donors (Lipinski definition) is 2. The van der Waals surface area contributed by atoms with E-state index >= 15 is 0 Å². The Bertz CT molecular complexity index is 605. The maximum absolute atomic E-state index is 5.37. The minimum Gasteiger partial charge on any atom is -0.493 e. The van der Waals surface area contributed by atoms with Crippen molar-refractivity contribution in [3.8, 4) is 11.5 Å². The molecular weight excluding hydrogens is 469 g/mol. The molecule has 0 radical (unpaired) electrons. The zero-order chi connectivity index (χ0) is 19.5. The molecule has 1 fully saturated rings. The van der Waals surface area contributed by atoms with Crippen LogP contribution in [0.5, 0.6) is 11.5 Å². The van der Waals surface area contributed by atoms with Crippen molar-refractivity contribution in [1.29, 1.82) is 0 Å². The number of halogens is 1. The smallest absolute Gasteiger partial charge is 0.191 e. The lowest BCUT2D eigenvalue weighted by molar-refractivity contribution is 0.138. The van der Waals surface area contributed by atoms with Gasteiger partial charge in [-0.15, -0.1) is 24.0 Å². The molecule has 6 nitrogen and oxygen atoms in total. The van der Waals surface area contributed by atoms with E-state index in [1.807, 2.05) is 19.2 Å². The van der Waals surface area contributed by atoms with Crippen LogP contribution in [0.1, 0.15) is 37.7 Å². The van der Waals surface area contributed by atoms with E-state index < -0.39 is 0 Å². The summed E-state index contributed by atoms with van der Waals surface area (Å²) in [7, 11) is 6.92. The first-order valence-electron chi connectivity index (χ1n) is 9.81. The second-order valence-corrected chi connectivity index (χ2v) is 7.24. The quantitative estimate of drug-likeness (QED) is 0.289. The van der Waals surface area contributed by atoms with E-state index in [9.17, 15) is 0 Å². The van der Waals surface area contributed by atoms with Crippen LogP contribution in [0.4, 0.5) is 0 Å². The number of aliphatic imine (C=N–C) groups is 1. The number of nitrogens with one attached hydrogen (secondary N) is 2. The molecule has 2 rings (SSSR count). The monoisotopic (exact) mass is 505 g/mol. The summed E-state index contributed by atoms with van der Waals surface area (Å²) in [5.74, 6) is 2.38. The molecule has 0 aromatic heterocycles. The zero-order valence-corrected chi connectivity index (χ0v) is 20.0. The van der Waals surface area contributed by atoms with Crippen molar-refractivity contribution in [2.24, 2.45) is 10.4 Å². The third-order valence-electron chi connectivity index (χ3n) is 5.51. The first-order chi connectivity index (χ1) is 13.2. The standard InChI is InChI=1S/C21H35N3O3.HI/c1-22-20(24-16-21(12-14-25-2)10-5-6-11-21)23-13-9-17-7-8-18(26-3)19(15-17)27-4;/h7-8,15H,5-6,9-14,16H2,1-4H3,(H2,22,23,24);1H. The van der Waals surface area contributed by atoms with Crippen molar-refractivity contribution < 1.29 is 14.2 Å². The highest BCUT2D eigenvalue weighted by Gasteiger charge is 2.33. The Balaban J connectivity index is 0.00000392. The van der Waals surface area contributed by atoms with Gasteiger partial charge in [-0.1, -0.05) is 18.9 Å². The average molecular weight is 505 g/mol. The van der Waals surface area contributed by atoms with Crippen molar-refractivity contribution in [2.75, 3.05) is 48.1 Å². The van der Waals surface area contributed by atoms with Gasteiger partial charge < -0.3 is 24.8 Å².